The van der Waals surface area contributed by atoms with Crippen molar-refractivity contribution in [1.82, 2.24) is 4.72 Å². The lowest BCUT2D eigenvalue weighted by atomic mass is 9.97. The second-order valence-corrected chi connectivity index (χ2v) is 7.50. The van der Waals surface area contributed by atoms with Crippen LogP contribution in [0.1, 0.15) is 44.9 Å². The number of halogens is 1. The van der Waals surface area contributed by atoms with E-state index in [0.29, 0.717) is 5.69 Å². The highest BCUT2D eigenvalue weighted by Gasteiger charge is 2.27. The fourth-order valence-corrected chi connectivity index (χ4v) is 4.11. The minimum atomic E-state index is -3.76. The molecular weight excluding hydrogens is 305 g/mol. The summed E-state index contributed by atoms with van der Waals surface area (Å²) in [5, 5.41) is 2.96. The van der Waals surface area contributed by atoms with Crippen LogP contribution < -0.4 is 10.0 Å². The molecular formula is C15H20FN3O2S. The predicted molar refractivity (Wildman–Crippen MR) is 83.9 cm³/mol. The van der Waals surface area contributed by atoms with E-state index < -0.39 is 15.8 Å². The molecule has 1 aromatic rings. The van der Waals surface area contributed by atoms with Gasteiger partial charge in [-0.15, -0.1) is 0 Å². The summed E-state index contributed by atoms with van der Waals surface area (Å²) in [6, 6.07) is 3.81. The maximum absolute atomic E-state index is 13.2. The van der Waals surface area contributed by atoms with E-state index >= 15 is 0 Å². The molecule has 1 saturated carbocycles. The quantitative estimate of drug-likeness (QED) is 0.834. The van der Waals surface area contributed by atoms with E-state index in [1.807, 2.05) is 0 Å². The Hall–Kier alpha value is -1.63. The van der Waals surface area contributed by atoms with Gasteiger partial charge in [0.2, 0.25) is 5.96 Å². The number of hydrogen-bond acceptors (Lipinski definition) is 3. The lowest BCUT2D eigenvalue weighted by molar-refractivity contribution is 0.454. The van der Waals surface area contributed by atoms with Gasteiger partial charge in [0, 0.05) is 0 Å². The zero-order valence-corrected chi connectivity index (χ0v) is 13.1. The average molecular weight is 325 g/mol. The first kappa shape index (κ1) is 15.3. The van der Waals surface area contributed by atoms with Gasteiger partial charge >= 0.3 is 0 Å². The standard InChI is InChI=1S/C15H20FN3O2S/c16-11-8-9-13-14(10-11)22(20,21)19-15(18-13)17-12-6-4-2-1-3-5-7-12/h8-10,12H,1-7H2,(H2,17,18,19). The summed E-state index contributed by atoms with van der Waals surface area (Å²) in [6.45, 7) is 0. The molecule has 2 N–H and O–H groups in total. The first-order valence-electron chi connectivity index (χ1n) is 7.72. The Labute approximate surface area is 130 Å². The number of nitrogens with zero attached hydrogens (tertiary/aromatic N) is 1. The van der Waals surface area contributed by atoms with E-state index in [9.17, 15) is 12.8 Å². The molecule has 1 heterocycles. The third-order valence-electron chi connectivity index (χ3n) is 4.10. The number of anilines is 1. The summed E-state index contributed by atoms with van der Waals surface area (Å²) >= 11 is 0. The van der Waals surface area contributed by atoms with Crippen LogP contribution in [0.15, 0.2) is 28.1 Å². The number of fused-ring (bicyclic) bond motifs is 1. The third-order valence-corrected chi connectivity index (χ3v) is 5.48. The van der Waals surface area contributed by atoms with Crippen LogP contribution in [0.25, 0.3) is 0 Å². The van der Waals surface area contributed by atoms with Crippen molar-refractivity contribution in [1.29, 1.82) is 0 Å². The van der Waals surface area contributed by atoms with Gasteiger partial charge in [0.05, 0.1) is 11.7 Å². The Morgan fingerprint density at radius 1 is 1.09 bits per heavy atom. The molecule has 120 valence electrons. The van der Waals surface area contributed by atoms with Crippen LogP contribution >= 0.6 is 0 Å². The van der Waals surface area contributed by atoms with E-state index in [1.165, 1.54) is 31.4 Å². The highest BCUT2D eigenvalue weighted by Crippen LogP contribution is 2.26. The number of sulfonamides is 1. The Bertz CT molecular complexity index is 680. The average Bonchev–Trinajstić information content (AvgIpc) is 2.42. The van der Waals surface area contributed by atoms with E-state index in [2.05, 4.69) is 15.0 Å². The lowest BCUT2D eigenvalue weighted by Crippen LogP contribution is -2.41. The Kier molecular flexibility index (Phi) is 4.33. The van der Waals surface area contributed by atoms with E-state index in [1.54, 1.807) is 0 Å². The highest BCUT2D eigenvalue weighted by atomic mass is 32.2. The summed E-state index contributed by atoms with van der Waals surface area (Å²) in [5.41, 5.74) is 0.366. The first-order valence-corrected chi connectivity index (χ1v) is 9.20. The van der Waals surface area contributed by atoms with Crippen molar-refractivity contribution < 1.29 is 12.8 Å². The summed E-state index contributed by atoms with van der Waals surface area (Å²) < 4.78 is 40.0. The maximum atomic E-state index is 13.2. The Morgan fingerprint density at radius 3 is 2.50 bits per heavy atom. The van der Waals surface area contributed by atoms with Gasteiger partial charge < -0.3 is 5.32 Å². The van der Waals surface area contributed by atoms with Gasteiger partial charge in [-0.1, -0.05) is 32.1 Å². The van der Waals surface area contributed by atoms with E-state index in [0.717, 1.165) is 31.7 Å². The van der Waals surface area contributed by atoms with Crippen molar-refractivity contribution in [3.8, 4) is 0 Å². The second kappa shape index (κ2) is 6.24. The smallest absolute Gasteiger partial charge is 0.266 e. The van der Waals surface area contributed by atoms with Crippen LogP contribution in [0.3, 0.4) is 0 Å². The van der Waals surface area contributed by atoms with Gasteiger partial charge in [-0.2, -0.15) is 0 Å². The van der Waals surface area contributed by atoms with Crippen LogP contribution in [-0.4, -0.2) is 20.4 Å². The molecule has 3 rings (SSSR count). The monoisotopic (exact) mass is 325 g/mol. The number of rotatable bonds is 1. The minimum Gasteiger partial charge on any atom is -0.324 e. The molecule has 0 saturated heterocycles. The molecule has 0 radical (unpaired) electrons. The topological polar surface area (TPSA) is 70.6 Å². The number of aliphatic imine (C=N–C) groups is 1. The summed E-state index contributed by atoms with van der Waals surface area (Å²) in [6.07, 6.45) is 7.89. The normalized spacial score (nSPS) is 23.8. The van der Waals surface area contributed by atoms with Crippen LogP contribution in [0.2, 0.25) is 0 Å². The predicted octanol–water partition coefficient (Wildman–Crippen LogP) is 3.00. The Morgan fingerprint density at radius 2 is 1.77 bits per heavy atom. The minimum absolute atomic E-state index is 0.0795. The van der Waals surface area contributed by atoms with Gasteiger partial charge in [0.1, 0.15) is 10.7 Å². The van der Waals surface area contributed by atoms with Crippen molar-refractivity contribution in [2.24, 2.45) is 4.99 Å². The second-order valence-electron chi connectivity index (χ2n) is 5.85. The number of nitrogens with one attached hydrogen (secondary N) is 2. The molecule has 0 spiro atoms. The molecule has 2 aliphatic rings. The highest BCUT2D eigenvalue weighted by molar-refractivity contribution is 7.90. The zero-order valence-electron chi connectivity index (χ0n) is 12.3. The molecule has 0 amide bonds. The zero-order chi connectivity index (χ0) is 15.6. The lowest BCUT2D eigenvalue weighted by Gasteiger charge is -2.23. The van der Waals surface area contributed by atoms with Crippen molar-refractivity contribution in [3.05, 3.63) is 24.0 Å². The molecule has 0 aromatic heterocycles. The summed E-state index contributed by atoms with van der Waals surface area (Å²) in [4.78, 5) is 4.46. The SMILES string of the molecule is O=S1(=O)NC(=NC2CCCCCCC2)Nc2ccc(F)cc21. The molecule has 1 aliphatic carbocycles. The number of guanidine groups is 1. The number of benzene rings is 1. The molecule has 5 nitrogen and oxygen atoms in total. The van der Waals surface area contributed by atoms with Crippen molar-refractivity contribution >= 4 is 21.7 Å². The molecule has 22 heavy (non-hydrogen) atoms. The molecule has 1 fully saturated rings. The van der Waals surface area contributed by atoms with Crippen LogP contribution in [0.5, 0.6) is 0 Å². The van der Waals surface area contributed by atoms with Gasteiger partial charge in [-0.3, -0.25) is 0 Å². The van der Waals surface area contributed by atoms with Gasteiger partial charge in [0.15, 0.2) is 0 Å². The number of hydrogen-bond donors (Lipinski definition) is 2. The van der Waals surface area contributed by atoms with E-state index in [4.69, 9.17) is 0 Å². The largest absolute Gasteiger partial charge is 0.324 e. The molecule has 0 bridgehead atoms. The van der Waals surface area contributed by atoms with Crippen molar-refractivity contribution in [2.75, 3.05) is 5.32 Å². The molecule has 1 aromatic carbocycles. The van der Waals surface area contributed by atoms with Crippen LogP contribution in [0.4, 0.5) is 10.1 Å². The van der Waals surface area contributed by atoms with Crippen molar-refractivity contribution in [3.63, 3.8) is 0 Å². The van der Waals surface area contributed by atoms with Gasteiger partial charge in [-0.25, -0.2) is 22.5 Å². The molecule has 0 atom stereocenters. The molecule has 7 heteroatoms. The van der Waals surface area contributed by atoms with Crippen LogP contribution in [0, 0.1) is 5.82 Å². The third kappa shape index (κ3) is 3.40. The summed E-state index contributed by atoms with van der Waals surface area (Å²) in [7, 11) is -3.76. The van der Waals surface area contributed by atoms with E-state index in [-0.39, 0.29) is 16.9 Å². The maximum Gasteiger partial charge on any atom is 0.266 e. The summed E-state index contributed by atoms with van der Waals surface area (Å²) in [5.74, 6) is -0.337. The fourth-order valence-electron chi connectivity index (χ4n) is 2.96. The van der Waals surface area contributed by atoms with Crippen LogP contribution in [-0.2, 0) is 10.0 Å². The fraction of sp³-hybridized carbons (Fsp3) is 0.533. The molecule has 0 unspecified atom stereocenters. The first-order chi connectivity index (χ1) is 10.5. The van der Waals surface area contributed by atoms with Gasteiger partial charge in [0.25, 0.3) is 10.0 Å². The molecule has 1 aliphatic heterocycles. The van der Waals surface area contributed by atoms with Gasteiger partial charge in [-0.05, 0) is 31.0 Å². The Balaban J connectivity index is 1.84. The van der Waals surface area contributed by atoms with Crippen molar-refractivity contribution in [2.45, 2.75) is 55.9 Å².